The highest BCUT2D eigenvalue weighted by Crippen LogP contribution is 2.14. The first-order valence-corrected chi connectivity index (χ1v) is 31.0. The number of unbranched alkanes of at least 4 members (excludes halogenated alkanes) is 24. The number of carbonyl (C=O) groups excluding carboxylic acids is 3. The van der Waals surface area contributed by atoms with Crippen molar-refractivity contribution in [2.24, 2.45) is 0 Å². The molecule has 426 valence electrons. The van der Waals surface area contributed by atoms with Gasteiger partial charge in [-0.15, -0.1) is 0 Å². The van der Waals surface area contributed by atoms with Gasteiger partial charge in [0.15, 0.2) is 6.10 Å². The molecule has 0 N–H and O–H groups in total. The number of esters is 3. The molecule has 0 aliphatic rings. The third-order valence-corrected chi connectivity index (χ3v) is 13.0. The highest BCUT2D eigenvalue weighted by Gasteiger charge is 2.19. The fourth-order valence-corrected chi connectivity index (χ4v) is 8.31. The van der Waals surface area contributed by atoms with Crippen LogP contribution in [-0.4, -0.2) is 37.2 Å². The molecule has 0 spiro atoms. The number of carbonyl (C=O) groups is 3. The topological polar surface area (TPSA) is 78.9 Å². The summed E-state index contributed by atoms with van der Waals surface area (Å²) in [4.78, 5) is 38.0. The van der Waals surface area contributed by atoms with Gasteiger partial charge < -0.3 is 14.2 Å². The van der Waals surface area contributed by atoms with Gasteiger partial charge in [-0.1, -0.05) is 264 Å². The van der Waals surface area contributed by atoms with Gasteiger partial charge in [0.2, 0.25) is 0 Å². The molecule has 6 heteroatoms. The molecule has 0 aliphatic carbocycles. The van der Waals surface area contributed by atoms with Gasteiger partial charge in [-0.05, 0) is 116 Å². The Morgan fingerprint density at radius 1 is 0.280 bits per heavy atom. The fourth-order valence-electron chi connectivity index (χ4n) is 8.31. The van der Waals surface area contributed by atoms with E-state index in [0.29, 0.717) is 19.3 Å². The van der Waals surface area contributed by atoms with Crippen molar-refractivity contribution in [3.8, 4) is 0 Å². The lowest BCUT2D eigenvalue weighted by atomic mass is 10.1. The predicted molar refractivity (Wildman–Crippen MR) is 325 cm³/mol. The van der Waals surface area contributed by atoms with E-state index in [2.05, 4.69) is 142 Å². The molecule has 0 saturated heterocycles. The smallest absolute Gasteiger partial charge is 0.306 e. The van der Waals surface area contributed by atoms with E-state index in [1.807, 2.05) is 0 Å². The van der Waals surface area contributed by atoms with Crippen molar-refractivity contribution in [2.75, 3.05) is 13.2 Å². The van der Waals surface area contributed by atoms with E-state index in [4.69, 9.17) is 14.2 Å². The van der Waals surface area contributed by atoms with Crippen LogP contribution in [0, 0.1) is 0 Å². The maximum Gasteiger partial charge on any atom is 0.306 e. The summed E-state index contributed by atoms with van der Waals surface area (Å²) in [6.45, 7) is 6.46. The molecule has 0 aromatic carbocycles. The quantitative estimate of drug-likeness (QED) is 0.0261. The second kappa shape index (κ2) is 62.4. The summed E-state index contributed by atoms with van der Waals surface area (Å²) in [6, 6.07) is 0. The van der Waals surface area contributed by atoms with Gasteiger partial charge >= 0.3 is 17.9 Å². The van der Waals surface area contributed by atoms with E-state index >= 15 is 0 Å². The van der Waals surface area contributed by atoms with Gasteiger partial charge in [0.25, 0.3) is 0 Å². The van der Waals surface area contributed by atoms with Gasteiger partial charge in [0, 0.05) is 19.3 Å². The maximum absolute atomic E-state index is 12.8. The Balaban J connectivity index is 4.14. The Kier molecular flexibility index (Phi) is 58.9. The first-order valence-electron chi connectivity index (χ1n) is 31.0. The second-order valence-corrected chi connectivity index (χ2v) is 20.2. The Morgan fingerprint density at radius 2 is 0.520 bits per heavy atom. The largest absolute Gasteiger partial charge is 0.462 e. The standard InChI is InChI=1S/C69H114O6/c1-4-7-10-13-16-18-20-22-24-25-26-27-28-29-30-31-32-33-34-35-36-37-38-39-40-41-42-43-45-46-48-50-53-56-59-62-68(71)74-65-66(64-73-67(70)61-58-55-52-15-12-9-6-3)75-69(72)63-60-57-54-51-49-47-44-23-21-19-17-14-11-8-5-2/h7,10,16,18,22-24,26-27,29-30,32-33,35-36,38-39,41-42,44,66H,4-6,8-9,11-15,17,19-21,25,28,31,34,37,40,43,45-65H2,1-3H3/b10-7-,18-16-,24-22-,27-26-,30-29-,33-32-,36-35-,39-38-,42-41-,44-23-. The number of hydrogen-bond donors (Lipinski definition) is 0. The molecule has 0 aromatic rings. The van der Waals surface area contributed by atoms with Crippen LogP contribution < -0.4 is 0 Å². The van der Waals surface area contributed by atoms with Crippen LogP contribution in [0.1, 0.15) is 278 Å². The van der Waals surface area contributed by atoms with E-state index in [1.165, 1.54) is 103 Å². The summed E-state index contributed by atoms with van der Waals surface area (Å²) in [5.41, 5.74) is 0. The Labute approximate surface area is 462 Å². The molecule has 0 aliphatic heterocycles. The first-order chi connectivity index (χ1) is 37.0. The average Bonchev–Trinajstić information content (AvgIpc) is 3.41. The zero-order valence-electron chi connectivity index (χ0n) is 48.8. The minimum Gasteiger partial charge on any atom is -0.462 e. The Morgan fingerprint density at radius 3 is 0.827 bits per heavy atom. The molecular weight excluding hydrogens is 925 g/mol. The van der Waals surface area contributed by atoms with Gasteiger partial charge in [-0.25, -0.2) is 0 Å². The van der Waals surface area contributed by atoms with Gasteiger partial charge in [0.05, 0.1) is 0 Å². The fraction of sp³-hybridized carbons (Fsp3) is 0.667. The molecule has 75 heavy (non-hydrogen) atoms. The Hall–Kier alpha value is -4.19. The van der Waals surface area contributed by atoms with E-state index in [9.17, 15) is 14.4 Å². The van der Waals surface area contributed by atoms with Crippen molar-refractivity contribution in [3.63, 3.8) is 0 Å². The molecule has 0 bridgehead atoms. The van der Waals surface area contributed by atoms with E-state index in [-0.39, 0.29) is 31.1 Å². The van der Waals surface area contributed by atoms with Crippen molar-refractivity contribution < 1.29 is 28.6 Å². The summed E-state index contributed by atoms with van der Waals surface area (Å²) in [5.74, 6) is -0.911. The number of allylic oxidation sites excluding steroid dienone is 20. The molecular formula is C69H114O6. The van der Waals surface area contributed by atoms with E-state index in [0.717, 1.165) is 135 Å². The van der Waals surface area contributed by atoms with Gasteiger partial charge in [0.1, 0.15) is 13.2 Å². The van der Waals surface area contributed by atoms with Crippen LogP contribution in [0.4, 0.5) is 0 Å². The highest BCUT2D eigenvalue weighted by atomic mass is 16.6. The van der Waals surface area contributed by atoms with Crippen LogP contribution in [0.15, 0.2) is 122 Å². The Bertz CT molecular complexity index is 1570. The van der Waals surface area contributed by atoms with Crippen molar-refractivity contribution in [2.45, 2.75) is 284 Å². The number of hydrogen-bond acceptors (Lipinski definition) is 6. The van der Waals surface area contributed by atoms with Crippen LogP contribution in [0.3, 0.4) is 0 Å². The zero-order chi connectivity index (χ0) is 54.3. The summed E-state index contributed by atoms with van der Waals surface area (Å²) in [6.07, 6.45) is 86.5. The predicted octanol–water partition coefficient (Wildman–Crippen LogP) is 21.2. The molecule has 1 atom stereocenters. The summed E-state index contributed by atoms with van der Waals surface area (Å²) < 4.78 is 16.8. The van der Waals surface area contributed by atoms with Crippen molar-refractivity contribution in [3.05, 3.63) is 122 Å². The third-order valence-electron chi connectivity index (χ3n) is 13.0. The lowest BCUT2D eigenvalue weighted by Crippen LogP contribution is -2.30. The van der Waals surface area contributed by atoms with Crippen LogP contribution in [0.25, 0.3) is 0 Å². The van der Waals surface area contributed by atoms with Crippen LogP contribution in [-0.2, 0) is 28.6 Å². The molecule has 0 amide bonds. The molecule has 0 radical (unpaired) electrons. The van der Waals surface area contributed by atoms with Crippen LogP contribution in [0.2, 0.25) is 0 Å². The normalized spacial score (nSPS) is 12.9. The molecule has 0 saturated carbocycles. The van der Waals surface area contributed by atoms with Gasteiger partial charge in [-0.2, -0.15) is 0 Å². The third kappa shape index (κ3) is 60.6. The summed E-state index contributed by atoms with van der Waals surface area (Å²) >= 11 is 0. The molecule has 0 fully saturated rings. The number of ether oxygens (including phenoxy) is 3. The minimum atomic E-state index is -0.785. The lowest BCUT2D eigenvalue weighted by Gasteiger charge is -2.18. The maximum atomic E-state index is 12.8. The summed E-state index contributed by atoms with van der Waals surface area (Å²) in [7, 11) is 0. The summed E-state index contributed by atoms with van der Waals surface area (Å²) in [5, 5.41) is 0. The highest BCUT2D eigenvalue weighted by molar-refractivity contribution is 5.71. The van der Waals surface area contributed by atoms with E-state index < -0.39 is 6.10 Å². The second-order valence-electron chi connectivity index (χ2n) is 20.2. The first kappa shape index (κ1) is 70.8. The molecule has 1 unspecified atom stereocenters. The van der Waals surface area contributed by atoms with Crippen LogP contribution >= 0.6 is 0 Å². The SMILES string of the molecule is CC/C=C\C/C=C\C/C=C\C/C=C\C/C=C\C/C=C\C/C=C\C/C=C\C/C=C\CCCCCCCCCC(=O)OCC(COC(=O)CCCCCCCCC)OC(=O)CCCCCCC/C=C\CCCCCCCC. The van der Waals surface area contributed by atoms with Gasteiger partial charge in [-0.3, -0.25) is 14.4 Å². The molecule has 0 rings (SSSR count). The number of rotatable bonds is 55. The molecule has 6 nitrogen and oxygen atoms in total. The van der Waals surface area contributed by atoms with Crippen molar-refractivity contribution in [1.82, 2.24) is 0 Å². The average molecular weight is 1040 g/mol. The minimum absolute atomic E-state index is 0.0846. The lowest BCUT2D eigenvalue weighted by molar-refractivity contribution is -0.167. The van der Waals surface area contributed by atoms with E-state index in [1.54, 1.807) is 0 Å². The van der Waals surface area contributed by atoms with Crippen LogP contribution in [0.5, 0.6) is 0 Å². The zero-order valence-corrected chi connectivity index (χ0v) is 48.8. The monoisotopic (exact) mass is 1040 g/mol. The molecule has 0 heterocycles. The van der Waals surface area contributed by atoms with Crippen molar-refractivity contribution in [1.29, 1.82) is 0 Å². The van der Waals surface area contributed by atoms with Crippen molar-refractivity contribution >= 4 is 17.9 Å². The molecule has 0 aromatic heterocycles.